The topological polar surface area (TPSA) is 57.2 Å². The number of rotatable bonds is 8. The van der Waals surface area contributed by atoms with Gasteiger partial charge >= 0.3 is 0 Å². The highest BCUT2D eigenvalue weighted by atomic mass is 35.5. The zero-order chi connectivity index (χ0) is 19.8. The Hall–Kier alpha value is -2.68. The lowest BCUT2D eigenvalue weighted by molar-refractivity contribution is 0.0735. The van der Waals surface area contributed by atoms with Crippen LogP contribution in [0.5, 0.6) is 0 Å². The van der Waals surface area contributed by atoms with Gasteiger partial charge in [-0.15, -0.1) is 11.8 Å². The normalized spacial score (nSPS) is 10.4. The van der Waals surface area contributed by atoms with Crippen molar-refractivity contribution >= 4 is 29.3 Å². The van der Waals surface area contributed by atoms with Gasteiger partial charge in [-0.25, -0.2) is 0 Å². The minimum Gasteiger partial charge on any atom is -0.467 e. The molecule has 0 aliphatic heterocycles. The molecule has 1 amide bonds. The van der Waals surface area contributed by atoms with Crippen molar-refractivity contribution in [2.24, 2.45) is 0 Å². The third-order valence-electron chi connectivity index (χ3n) is 4.13. The summed E-state index contributed by atoms with van der Waals surface area (Å²) in [5, 5.41) is 9.60. The second-order valence-corrected chi connectivity index (χ2v) is 7.64. The number of carbonyl (C=O) groups is 1. The number of nitrogens with zero attached hydrogens (tertiary/aromatic N) is 2. The Morgan fingerprint density at radius 1 is 1.11 bits per heavy atom. The van der Waals surface area contributed by atoms with E-state index in [1.807, 2.05) is 54.6 Å². The Balaban J connectivity index is 1.63. The highest BCUT2D eigenvalue weighted by Gasteiger charge is 2.17. The maximum atomic E-state index is 12.9. The Morgan fingerprint density at radius 3 is 2.50 bits per heavy atom. The van der Waals surface area contributed by atoms with Gasteiger partial charge in [0.2, 0.25) is 0 Å². The highest BCUT2D eigenvalue weighted by molar-refractivity contribution is 7.98. The van der Waals surface area contributed by atoms with Gasteiger partial charge in [0.15, 0.2) is 0 Å². The van der Waals surface area contributed by atoms with Crippen LogP contribution in [0.2, 0.25) is 5.02 Å². The number of carbonyl (C=O) groups excluding carboxylic acids is 1. The largest absolute Gasteiger partial charge is 0.467 e. The van der Waals surface area contributed by atoms with Crippen molar-refractivity contribution in [1.29, 1.82) is 5.26 Å². The monoisotopic (exact) mass is 410 g/mol. The molecule has 0 N–H and O–H groups in total. The molecule has 0 bridgehead atoms. The standard InChI is InChI=1S/C22H19ClN2O2S/c23-19-8-10-21(11-9-19)28-16-17-4-6-18(7-5-17)22(26)25(13-2-12-24)15-20-3-1-14-27-20/h1,3-11,14H,2,13,15-16H2. The molecule has 0 atom stereocenters. The Bertz CT molecular complexity index is 932. The van der Waals surface area contributed by atoms with Crippen LogP contribution in [-0.2, 0) is 12.3 Å². The number of furan rings is 1. The molecule has 0 aliphatic carbocycles. The first kappa shape index (κ1) is 20.1. The first-order valence-corrected chi connectivity index (χ1v) is 10.2. The fourth-order valence-electron chi connectivity index (χ4n) is 2.65. The Morgan fingerprint density at radius 2 is 1.86 bits per heavy atom. The van der Waals surface area contributed by atoms with Crippen molar-refractivity contribution in [2.45, 2.75) is 23.6 Å². The number of nitriles is 1. The molecule has 1 heterocycles. The SMILES string of the molecule is N#CCCN(Cc1ccco1)C(=O)c1ccc(CSc2ccc(Cl)cc2)cc1. The van der Waals surface area contributed by atoms with Crippen LogP contribution in [0.4, 0.5) is 0 Å². The maximum absolute atomic E-state index is 12.9. The molecule has 0 aliphatic rings. The van der Waals surface area contributed by atoms with Crippen LogP contribution in [0.25, 0.3) is 0 Å². The lowest BCUT2D eigenvalue weighted by Gasteiger charge is -2.20. The maximum Gasteiger partial charge on any atom is 0.254 e. The molecule has 3 rings (SSSR count). The van der Waals surface area contributed by atoms with E-state index >= 15 is 0 Å². The van der Waals surface area contributed by atoms with E-state index in [0.29, 0.717) is 24.4 Å². The second kappa shape index (κ2) is 10.0. The van der Waals surface area contributed by atoms with E-state index in [4.69, 9.17) is 21.3 Å². The van der Waals surface area contributed by atoms with Crippen LogP contribution >= 0.6 is 23.4 Å². The van der Waals surface area contributed by atoms with E-state index in [0.717, 1.165) is 21.2 Å². The van der Waals surface area contributed by atoms with Gasteiger partial charge in [0.05, 0.1) is 25.3 Å². The number of amides is 1. The van der Waals surface area contributed by atoms with Crippen LogP contribution in [0.1, 0.15) is 28.1 Å². The first-order chi connectivity index (χ1) is 13.7. The van der Waals surface area contributed by atoms with Gasteiger partial charge in [0, 0.05) is 27.8 Å². The molecule has 142 valence electrons. The van der Waals surface area contributed by atoms with Crippen LogP contribution in [-0.4, -0.2) is 17.4 Å². The van der Waals surface area contributed by atoms with Gasteiger partial charge in [-0.3, -0.25) is 4.79 Å². The number of halogens is 1. The molecular weight excluding hydrogens is 392 g/mol. The molecule has 4 nitrogen and oxygen atoms in total. The van der Waals surface area contributed by atoms with Crippen LogP contribution in [0.3, 0.4) is 0 Å². The number of thioether (sulfide) groups is 1. The predicted octanol–water partition coefficient (Wildman–Crippen LogP) is 5.78. The minimum absolute atomic E-state index is 0.108. The molecule has 0 saturated heterocycles. The molecule has 0 radical (unpaired) electrons. The van der Waals surface area contributed by atoms with Crippen LogP contribution < -0.4 is 0 Å². The molecule has 0 spiro atoms. The lowest BCUT2D eigenvalue weighted by Crippen LogP contribution is -2.31. The summed E-state index contributed by atoms with van der Waals surface area (Å²) in [5.74, 6) is 1.39. The fourth-order valence-corrected chi connectivity index (χ4v) is 3.63. The van der Waals surface area contributed by atoms with E-state index in [1.54, 1.807) is 29.0 Å². The molecule has 28 heavy (non-hydrogen) atoms. The molecule has 1 aromatic heterocycles. The number of hydrogen-bond acceptors (Lipinski definition) is 4. The molecule has 3 aromatic rings. The minimum atomic E-state index is -0.108. The summed E-state index contributed by atoms with van der Waals surface area (Å²) in [5.41, 5.74) is 1.73. The third kappa shape index (κ3) is 5.66. The number of hydrogen-bond donors (Lipinski definition) is 0. The molecular formula is C22H19ClN2O2S. The zero-order valence-corrected chi connectivity index (χ0v) is 16.7. The van der Waals surface area contributed by atoms with Crippen molar-refractivity contribution in [2.75, 3.05) is 6.54 Å². The van der Waals surface area contributed by atoms with Crippen molar-refractivity contribution in [3.05, 3.63) is 88.8 Å². The average Bonchev–Trinajstić information content (AvgIpc) is 3.24. The molecule has 0 unspecified atom stereocenters. The van der Waals surface area contributed by atoms with Gasteiger partial charge in [-0.1, -0.05) is 23.7 Å². The Kier molecular flexibility index (Phi) is 7.18. The van der Waals surface area contributed by atoms with E-state index in [9.17, 15) is 4.79 Å². The quantitative estimate of drug-likeness (QED) is 0.441. The summed E-state index contributed by atoms with van der Waals surface area (Å²) in [6.45, 7) is 0.714. The highest BCUT2D eigenvalue weighted by Crippen LogP contribution is 2.24. The smallest absolute Gasteiger partial charge is 0.254 e. The van der Waals surface area contributed by atoms with Crippen molar-refractivity contribution < 1.29 is 9.21 Å². The molecule has 6 heteroatoms. The van der Waals surface area contributed by atoms with E-state index in [1.165, 1.54) is 0 Å². The summed E-state index contributed by atoms with van der Waals surface area (Å²) in [6, 6.07) is 21.0. The van der Waals surface area contributed by atoms with Crippen LogP contribution in [0.15, 0.2) is 76.2 Å². The lowest BCUT2D eigenvalue weighted by atomic mass is 10.1. The average molecular weight is 411 g/mol. The van der Waals surface area contributed by atoms with Gasteiger partial charge in [-0.05, 0) is 54.1 Å². The van der Waals surface area contributed by atoms with Gasteiger partial charge in [0.25, 0.3) is 5.91 Å². The summed E-state index contributed by atoms with van der Waals surface area (Å²) >= 11 is 7.62. The summed E-state index contributed by atoms with van der Waals surface area (Å²) in [6.07, 6.45) is 1.86. The van der Waals surface area contributed by atoms with Crippen molar-refractivity contribution in [3.8, 4) is 6.07 Å². The number of benzene rings is 2. The molecule has 0 saturated carbocycles. The van der Waals surface area contributed by atoms with Crippen molar-refractivity contribution in [3.63, 3.8) is 0 Å². The van der Waals surface area contributed by atoms with E-state index < -0.39 is 0 Å². The third-order valence-corrected chi connectivity index (χ3v) is 5.46. The van der Waals surface area contributed by atoms with Gasteiger partial charge < -0.3 is 9.32 Å². The fraction of sp³-hybridized carbons (Fsp3) is 0.182. The Labute approximate surface area is 173 Å². The first-order valence-electron chi connectivity index (χ1n) is 8.81. The van der Waals surface area contributed by atoms with Crippen LogP contribution in [0, 0.1) is 11.3 Å². The van der Waals surface area contributed by atoms with E-state index in [-0.39, 0.29) is 12.3 Å². The molecule has 0 fully saturated rings. The summed E-state index contributed by atoms with van der Waals surface area (Å²) in [4.78, 5) is 15.6. The zero-order valence-electron chi connectivity index (χ0n) is 15.2. The van der Waals surface area contributed by atoms with E-state index in [2.05, 4.69) is 6.07 Å². The van der Waals surface area contributed by atoms with Crippen molar-refractivity contribution in [1.82, 2.24) is 4.90 Å². The summed E-state index contributed by atoms with van der Waals surface area (Å²) in [7, 11) is 0. The summed E-state index contributed by atoms with van der Waals surface area (Å²) < 4.78 is 5.34. The second-order valence-electron chi connectivity index (χ2n) is 6.15. The predicted molar refractivity (Wildman–Crippen MR) is 111 cm³/mol. The van der Waals surface area contributed by atoms with Gasteiger partial charge in [0.1, 0.15) is 5.76 Å². The molecule has 2 aromatic carbocycles. The van der Waals surface area contributed by atoms with Gasteiger partial charge in [-0.2, -0.15) is 5.26 Å².